The molecule has 3 N–H and O–H groups in total. The summed E-state index contributed by atoms with van der Waals surface area (Å²) in [6.07, 6.45) is 2.55. The molecular weight excluding hydrogens is 475 g/mol. The fourth-order valence-electron chi connectivity index (χ4n) is 2.29. The summed E-state index contributed by atoms with van der Waals surface area (Å²) in [5, 5.41) is 17.5. The van der Waals surface area contributed by atoms with Crippen LogP contribution in [0, 0.1) is 10.1 Å². The van der Waals surface area contributed by atoms with Gasteiger partial charge in [0.2, 0.25) is 0 Å². The van der Waals surface area contributed by atoms with E-state index >= 15 is 0 Å². The Morgan fingerprint density at radius 2 is 1.96 bits per heavy atom. The number of nitrogens with zero attached hydrogens (tertiary/aromatic N) is 4. The standard InChI is InChI=1S/C18H18N6O3.HI/c19-18(20-9-10-23-13-15(12-21-23)24(25)26)22-14-5-4-8-17(11-14)27-16-6-2-1-3-7-16;/h1-8,11-13H,9-10H2,(H3,19,20,22);1H. The number of benzene rings is 2. The number of nitro groups is 1. The highest BCUT2D eigenvalue weighted by molar-refractivity contribution is 14.0. The van der Waals surface area contributed by atoms with Crippen LogP contribution in [0.15, 0.2) is 72.0 Å². The average molecular weight is 494 g/mol. The zero-order chi connectivity index (χ0) is 19.1. The van der Waals surface area contributed by atoms with Crippen LogP contribution in [0.3, 0.4) is 0 Å². The molecule has 0 aliphatic heterocycles. The maximum absolute atomic E-state index is 10.6. The third kappa shape index (κ3) is 6.23. The van der Waals surface area contributed by atoms with E-state index in [1.807, 2.05) is 54.6 Å². The van der Waals surface area contributed by atoms with Crippen LogP contribution in [0.2, 0.25) is 0 Å². The van der Waals surface area contributed by atoms with Gasteiger partial charge in [0.15, 0.2) is 5.96 Å². The van der Waals surface area contributed by atoms with Gasteiger partial charge in [0, 0.05) is 11.8 Å². The third-order valence-electron chi connectivity index (χ3n) is 3.53. The Labute approximate surface area is 178 Å². The smallest absolute Gasteiger partial charge is 0.306 e. The van der Waals surface area contributed by atoms with Crippen molar-refractivity contribution in [3.8, 4) is 11.5 Å². The summed E-state index contributed by atoms with van der Waals surface area (Å²) >= 11 is 0. The summed E-state index contributed by atoms with van der Waals surface area (Å²) in [7, 11) is 0. The quantitative estimate of drug-likeness (QED) is 0.170. The molecule has 1 aromatic heterocycles. The first kappa shape index (κ1) is 21.2. The van der Waals surface area contributed by atoms with Gasteiger partial charge in [-0.15, -0.1) is 24.0 Å². The number of para-hydroxylation sites is 1. The Kier molecular flexibility index (Phi) is 7.75. The number of aliphatic imine (C=N–C) groups is 1. The van der Waals surface area contributed by atoms with Crippen molar-refractivity contribution >= 4 is 41.3 Å². The molecule has 0 spiro atoms. The number of nitrogens with one attached hydrogen (secondary N) is 1. The summed E-state index contributed by atoms with van der Waals surface area (Å²) in [6.45, 7) is 0.714. The second kappa shape index (κ2) is 10.3. The molecule has 0 aliphatic carbocycles. The van der Waals surface area contributed by atoms with Crippen molar-refractivity contribution in [3.05, 3.63) is 77.1 Å². The van der Waals surface area contributed by atoms with Gasteiger partial charge >= 0.3 is 5.69 Å². The number of hydrogen-bond acceptors (Lipinski definition) is 5. The van der Waals surface area contributed by atoms with Gasteiger partial charge in [-0.05, 0) is 24.3 Å². The number of guanidine groups is 1. The summed E-state index contributed by atoms with van der Waals surface area (Å²) in [5.74, 6) is 1.64. The summed E-state index contributed by atoms with van der Waals surface area (Å²) in [5.41, 5.74) is 6.57. The minimum atomic E-state index is -0.493. The van der Waals surface area contributed by atoms with Crippen molar-refractivity contribution in [2.24, 2.45) is 10.7 Å². The Balaban J connectivity index is 0.00000280. The first-order valence-corrected chi connectivity index (χ1v) is 8.17. The van der Waals surface area contributed by atoms with Gasteiger partial charge < -0.3 is 15.8 Å². The molecule has 9 nitrogen and oxygen atoms in total. The van der Waals surface area contributed by atoms with Crippen molar-refractivity contribution in [1.29, 1.82) is 0 Å². The average Bonchev–Trinajstić information content (AvgIpc) is 3.12. The normalized spacial score (nSPS) is 10.8. The first-order chi connectivity index (χ1) is 13.1. The number of aromatic nitrogens is 2. The minimum Gasteiger partial charge on any atom is -0.457 e. The van der Waals surface area contributed by atoms with E-state index in [-0.39, 0.29) is 35.6 Å². The molecule has 2 aromatic carbocycles. The van der Waals surface area contributed by atoms with E-state index in [0.29, 0.717) is 18.8 Å². The van der Waals surface area contributed by atoms with E-state index in [9.17, 15) is 10.1 Å². The maximum Gasteiger partial charge on any atom is 0.306 e. The lowest BCUT2D eigenvalue weighted by atomic mass is 10.3. The van der Waals surface area contributed by atoms with Crippen LogP contribution in [0.25, 0.3) is 0 Å². The van der Waals surface area contributed by atoms with Crippen LogP contribution < -0.4 is 15.8 Å². The fourth-order valence-corrected chi connectivity index (χ4v) is 2.29. The molecule has 0 radical (unpaired) electrons. The molecule has 0 saturated heterocycles. The molecule has 0 bridgehead atoms. The van der Waals surface area contributed by atoms with Gasteiger partial charge in [0.05, 0.1) is 18.0 Å². The van der Waals surface area contributed by atoms with Gasteiger partial charge in [-0.25, -0.2) is 0 Å². The Morgan fingerprint density at radius 1 is 1.21 bits per heavy atom. The van der Waals surface area contributed by atoms with Gasteiger partial charge in [-0.1, -0.05) is 24.3 Å². The highest BCUT2D eigenvalue weighted by Gasteiger charge is 2.08. The zero-order valence-corrected chi connectivity index (χ0v) is 17.1. The zero-order valence-electron chi connectivity index (χ0n) is 14.8. The lowest BCUT2D eigenvalue weighted by Gasteiger charge is -2.09. The van der Waals surface area contributed by atoms with Crippen molar-refractivity contribution in [2.45, 2.75) is 6.54 Å². The predicted octanol–water partition coefficient (Wildman–Crippen LogP) is 3.63. The largest absolute Gasteiger partial charge is 0.457 e. The van der Waals surface area contributed by atoms with Gasteiger partial charge in [-0.2, -0.15) is 5.10 Å². The molecule has 1 heterocycles. The van der Waals surface area contributed by atoms with E-state index in [0.717, 1.165) is 11.4 Å². The second-order valence-corrected chi connectivity index (χ2v) is 5.55. The van der Waals surface area contributed by atoms with Gasteiger partial charge in [-0.3, -0.25) is 19.8 Å². The SMILES string of the molecule is I.NC(=NCCn1cc([N+](=O)[O-])cn1)Nc1cccc(Oc2ccccc2)c1. The van der Waals surface area contributed by atoms with E-state index in [1.54, 1.807) is 0 Å². The predicted molar refractivity (Wildman–Crippen MR) is 117 cm³/mol. The number of ether oxygens (including phenoxy) is 1. The topological polar surface area (TPSA) is 121 Å². The Bertz CT molecular complexity index is 945. The van der Waals surface area contributed by atoms with E-state index < -0.39 is 4.92 Å². The molecule has 0 saturated carbocycles. The highest BCUT2D eigenvalue weighted by atomic mass is 127. The number of halogens is 1. The van der Waals surface area contributed by atoms with Crippen LogP contribution >= 0.6 is 24.0 Å². The first-order valence-electron chi connectivity index (χ1n) is 8.17. The van der Waals surface area contributed by atoms with Crippen LogP contribution in [0.4, 0.5) is 11.4 Å². The highest BCUT2D eigenvalue weighted by Crippen LogP contribution is 2.23. The van der Waals surface area contributed by atoms with Crippen LogP contribution in [-0.4, -0.2) is 27.2 Å². The molecule has 0 aliphatic rings. The summed E-state index contributed by atoms with van der Waals surface area (Å²) < 4.78 is 7.22. The molecule has 10 heteroatoms. The van der Waals surface area contributed by atoms with Gasteiger partial charge in [0.1, 0.15) is 23.9 Å². The molecule has 0 fully saturated rings. The van der Waals surface area contributed by atoms with E-state index in [2.05, 4.69) is 15.4 Å². The summed E-state index contributed by atoms with van der Waals surface area (Å²) in [6, 6.07) is 16.8. The molecule has 0 amide bonds. The monoisotopic (exact) mass is 494 g/mol. The molecule has 0 atom stereocenters. The molecule has 0 unspecified atom stereocenters. The number of nitrogens with two attached hydrogens (primary N) is 1. The van der Waals surface area contributed by atoms with Crippen molar-refractivity contribution < 1.29 is 9.66 Å². The van der Waals surface area contributed by atoms with Crippen LogP contribution in [0.5, 0.6) is 11.5 Å². The van der Waals surface area contributed by atoms with E-state index in [4.69, 9.17) is 10.5 Å². The minimum absolute atomic E-state index is 0. The molecule has 146 valence electrons. The van der Waals surface area contributed by atoms with Gasteiger partial charge in [0.25, 0.3) is 0 Å². The summed E-state index contributed by atoms with van der Waals surface area (Å²) in [4.78, 5) is 14.3. The van der Waals surface area contributed by atoms with Crippen molar-refractivity contribution in [3.63, 3.8) is 0 Å². The Morgan fingerprint density at radius 3 is 2.68 bits per heavy atom. The molecule has 3 rings (SSSR count). The lowest BCUT2D eigenvalue weighted by Crippen LogP contribution is -2.23. The second-order valence-electron chi connectivity index (χ2n) is 5.55. The van der Waals surface area contributed by atoms with Crippen LogP contribution in [0.1, 0.15) is 0 Å². The number of anilines is 1. The van der Waals surface area contributed by atoms with Crippen LogP contribution in [-0.2, 0) is 6.54 Å². The molecular formula is C18H19IN6O3. The molecule has 28 heavy (non-hydrogen) atoms. The van der Waals surface area contributed by atoms with E-state index in [1.165, 1.54) is 17.1 Å². The Hall–Kier alpha value is -3.15. The third-order valence-corrected chi connectivity index (χ3v) is 3.53. The lowest BCUT2D eigenvalue weighted by molar-refractivity contribution is -0.385. The van der Waals surface area contributed by atoms with Crippen molar-refractivity contribution in [2.75, 3.05) is 11.9 Å². The molecule has 3 aromatic rings. The maximum atomic E-state index is 10.6. The fraction of sp³-hybridized carbons (Fsp3) is 0.111. The number of rotatable bonds is 7. The van der Waals surface area contributed by atoms with Crippen molar-refractivity contribution in [1.82, 2.24) is 9.78 Å². The number of hydrogen-bond donors (Lipinski definition) is 2.